The summed E-state index contributed by atoms with van der Waals surface area (Å²) in [4.78, 5) is 13.1. The first-order valence-corrected chi connectivity index (χ1v) is 12.6. The van der Waals surface area contributed by atoms with Crippen LogP contribution < -0.4 is 20.1 Å². The van der Waals surface area contributed by atoms with Crippen molar-refractivity contribution in [1.82, 2.24) is 24.9 Å². The molecule has 0 radical (unpaired) electrons. The molecule has 1 aliphatic rings. The first-order valence-electron chi connectivity index (χ1n) is 12.6. The first-order chi connectivity index (χ1) is 18.0. The van der Waals surface area contributed by atoms with Crippen molar-refractivity contribution >= 4 is 11.8 Å². The lowest BCUT2D eigenvalue weighted by Gasteiger charge is -2.15. The van der Waals surface area contributed by atoms with Gasteiger partial charge in [-0.3, -0.25) is 10.00 Å². The van der Waals surface area contributed by atoms with Crippen LogP contribution in [-0.4, -0.2) is 38.8 Å². The van der Waals surface area contributed by atoms with Crippen LogP contribution in [0.2, 0.25) is 0 Å². The topological polar surface area (TPSA) is 95.2 Å². The number of nitrogens with zero attached hydrogens (tertiary/aromatic N) is 4. The van der Waals surface area contributed by atoms with E-state index in [-0.39, 0.29) is 6.03 Å². The molecular weight excluding hydrogens is 468 g/mol. The predicted octanol–water partition coefficient (Wildman–Crippen LogP) is 5.09. The Morgan fingerprint density at radius 2 is 1.95 bits per heavy atom. The van der Waals surface area contributed by atoms with Crippen molar-refractivity contribution in [3.63, 3.8) is 0 Å². The maximum absolute atomic E-state index is 13.1. The summed E-state index contributed by atoms with van der Waals surface area (Å²) in [6.45, 7) is 5.44. The number of hydrogen-bond acceptors (Lipinski definition) is 5. The standard InChI is InChI=1S/C28H32N6O3/c1-4-36-24-12-13-25(37-18-20-10-11-20)21(14-24)15-29-28(35)31-27-19(2)26(22-16-30-33(3)17-22)32-34(27)23-8-6-5-7-9-23/h5-9,12-14,16-17,20H,4,10-11,15,18H2,1-3H3,(H2,29,31,35). The van der Waals surface area contributed by atoms with Gasteiger partial charge in [-0.1, -0.05) is 18.2 Å². The minimum absolute atomic E-state index is 0.292. The molecule has 0 spiro atoms. The molecule has 1 fully saturated rings. The third kappa shape index (κ3) is 5.77. The molecule has 2 heterocycles. The van der Waals surface area contributed by atoms with Gasteiger partial charge in [-0.05, 0) is 62.9 Å². The van der Waals surface area contributed by atoms with Crippen LogP contribution in [0.1, 0.15) is 30.9 Å². The molecule has 0 unspecified atom stereocenters. The Kier molecular flexibility index (Phi) is 7.11. The van der Waals surface area contributed by atoms with E-state index in [4.69, 9.17) is 14.6 Å². The van der Waals surface area contributed by atoms with Crippen molar-refractivity contribution in [2.45, 2.75) is 33.2 Å². The number of hydrogen-bond donors (Lipinski definition) is 2. The number of anilines is 1. The molecule has 2 amide bonds. The van der Waals surface area contributed by atoms with Gasteiger partial charge in [-0.15, -0.1) is 0 Å². The molecule has 0 bridgehead atoms. The number of ether oxygens (including phenoxy) is 2. The van der Waals surface area contributed by atoms with Crippen LogP contribution >= 0.6 is 0 Å². The second-order valence-corrected chi connectivity index (χ2v) is 9.24. The molecule has 9 heteroatoms. The van der Waals surface area contributed by atoms with Crippen molar-refractivity contribution in [1.29, 1.82) is 0 Å². The molecule has 1 saturated carbocycles. The van der Waals surface area contributed by atoms with Gasteiger partial charge in [-0.25, -0.2) is 9.48 Å². The summed E-state index contributed by atoms with van der Waals surface area (Å²) in [6.07, 6.45) is 6.09. The van der Waals surface area contributed by atoms with Gasteiger partial charge in [0.15, 0.2) is 0 Å². The van der Waals surface area contributed by atoms with E-state index in [2.05, 4.69) is 15.7 Å². The fourth-order valence-electron chi connectivity index (χ4n) is 4.13. The summed E-state index contributed by atoms with van der Waals surface area (Å²) in [5.41, 5.74) is 4.19. The third-order valence-corrected chi connectivity index (χ3v) is 6.29. The van der Waals surface area contributed by atoms with E-state index < -0.39 is 0 Å². The lowest BCUT2D eigenvalue weighted by Crippen LogP contribution is -2.29. The number of benzene rings is 2. The quantitative estimate of drug-likeness (QED) is 0.316. The zero-order valence-electron chi connectivity index (χ0n) is 21.4. The van der Waals surface area contributed by atoms with Crippen LogP contribution in [0.25, 0.3) is 16.9 Å². The molecule has 0 aliphatic heterocycles. The van der Waals surface area contributed by atoms with Crippen LogP contribution in [0.3, 0.4) is 0 Å². The first kappa shape index (κ1) is 24.4. The zero-order valence-corrected chi connectivity index (χ0v) is 21.4. The Morgan fingerprint density at radius 1 is 1.14 bits per heavy atom. The average molecular weight is 501 g/mol. The molecule has 1 aliphatic carbocycles. The summed E-state index contributed by atoms with van der Waals surface area (Å²) in [6, 6.07) is 15.1. The molecule has 2 aromatic heterocycles. The fourth-order valence-corrected chi connectivity index (χ4v) is 4.13. The van der Waals surface area contributed by atoms with Crippen molar-refractivity contribution in [3.05, 3.63) is 72.1 Å². The molecular formula is C28H32N6O3. The minimum atomic E-state index is -0.340. The SMILES string of the molecule is CCOc1ccc(OCC2CC2)c(CNC(=O)Nc2c(C)c(-c3cnn(C)c3)nn2-c2ccccc2)c1. The lowest BCUT2D eigenvalue weighted by atomic mass is 10.1. The normalized spacial score (nSPS) is 12.8. The number of aromatic nitrogens is 4. The molecule has 192 valence electrons. The number of amides is 2. The molecule has 0 saturated heterocycles. The van der Waals surface area contributed by atoms with Crippen molar-refractivity contribution < 1.29 is 14.3 Å². The Morgan fingerprint density at radius 3 is 2.65 bits per heavy atom. The number of carbonyl (C=O) groups is 1. The van der Waals surface area contributed by atoms with E-state index in [1.807, 2.05) is 75.6 Å². The largest absolute Gasteiger partial charge is 0.494 e. The Hall–Kier alpha value is -4.27. The number of nitrogens with one attached hydrogen (secondary N) is 2. The highest BCUT2D eigenvalue weighted by Crippen LogP contribution is 2.32. The van der Waals surface area contributed by atoms with E-state index >= 15 is 0 Å². The van der Waals surface area contributed by atoms with Crippen molar-refractivity contribution in [3.8, 4) is 28.4 Å². The number of urea groups is 1. The van der Waals surface area contributed by atoms with Gasteiger partial charge >= 0.3 is 6.03 Å². The Labute approximate surface area is 216 Å². The van der Waals surface area contributed by atoms with E-state index in [0.29, 0.717) is 31.5 Å². The van der Waals surface area contributed by atoms with Gasteiger partial charge in [0, 0.05) is 36.5 Å². The molecule has 2 aromatic carbocycles. The highest BCUT2D eigenvalue weighted by Gasteiger charge is 2.23. The van der Waals surface area contributed by atoms with E-state index in [0.717, 1.165) is 39.6 Å². The van der Waals surface area contributed by atoms with Crippen LogP contribution in [-0.2, 0) is 13.6 Å². The van der Waals surface area contributed by atoms with Gasteiger partial charge in [0.1, 0.15) is 23.0 Å². The van der Waals surface area contributed by atoms with Gasteiger partial charge in [0.25, 0.3) is 0 Å². The Bertz CT molecular complexity index is 1370. The van der Waals surface area contributed by atoms with Gasteiger partial charge in [0.2, 0.25) is 0 Å². The van der Waals surface area contributed by atoms with E-state index in [1.165, 1.54) is 12.8 Å². The van der Waals surface area contributed by atoms with Gasteiger partial charge in [-0.2, -0.15) is 10.2 Å². The second kappa shape index (κ2) is 10.8. The molecule has 5 rings (SSSR count). The molecule has 0 atom stereocenters. The minimum Gasteiger partial charge on any atom is -0.494 e. The maximum atomic E-state index is 13.1. The maximum Gasteiger partial charge on any atom is 0.320 e. The number of para-hydroxylation sites is 1. The summed E-state index contributed by atoms with van der Waals surface area (Å²) < 4.78 is 15.2. The number of aryl methyl sites for hydroxylation is 1. The highest BCUT2D eigenvalue weighted by atomic mass is 16.5. The lowest BCUT2D eigenvalue weighted by molar-refractivity contribution is 0.251. The fraction of sp³-hybridized carbons (Fsp3) is 0.321. The summed E-state index contributed by atoms with van der Waals surface area (Å²) >= 11 is 0. The smallest absolute Gasteiger partial charge is 0.320 e. The van der Waals surface area contributed by atoms with Gasteiger partial charge < -0.3 is 14.8 Å². The summed E-state index contributed by atoms with van der Waals surface area (Å²) in [5, 5.41) is 15.1. The zero-order chi connectivity index (χ0) is 25.8. The predicted molar refractivity (Wildman–Crippen MR) is 142 cm³/mol. The highest BCUT2D eigenvalue weighted by molar-refractivity contribution is 5.90. The van der Waals surface area contributed by atoms with Crippen LogP contribution in [0.15, 0.2) is 60.9 Å². The number of carbonyl (C=O) groups excluding carboxylic acids is 1. The summed E-state index contributed by atoms with van der Waals surface area (Å²) in [5.74, 6) is 2.74. The average Bonchev–Trinajstić information content (AvgIpc) is 3.56. The molecule has 37 heavy (non-hydrogen) atoms. The van der Waals surface area contributed by atoms with Gasteiger partial charge in [0.05, 0.1) is 25.1 Å². The Balaban J connectivity index is 1.36. The second-order valence-electron chi connectivity index (χ2n) is 9.24. The molecule has 4 aromatic rings. The monoisotopic (exact) mass is 500 g/mol. The summed E-state index contributed by atoms with van der Waals surface area (Å²) in [7, 11) is 1.86. The molecule has 9 nitrogen and oxygen atoms in total. The van der Waals surface area contributed by atoms with Crippen molar-refractivity contribution in [2.75, 3.05) is 18.5 Å². The van der Waals surface area contributed by atoms with E-state index in [9.17, 15) is 4.79 Å². The number of rotatable bonds is 10. The van der Waals surface area contributed by atoms with Crippen LogP contribution in [0.5, 0.6) is 11.5 Å². The van der Waals surface area contributed by atoms with Crippen molar-refractivity contribution in [2.24, 2.45) is 13.0 Å². The van der Waals surface area contributed by atoms with Crippen LogP contribution in [0.4, 0.5) is 10.6 Å². The molecule has 2 N–H and O–H groups in total. The third-order valence-electron chi connectivity index (χ3n) is 6.29. The van der Waals surface area contributed by atoms with E-state index in [1.54, 1.807) is 15.6 Å². The van der Waals surface area contributed by atoms with Crippen LogP contribution in [0, 0.1) is 12.8 Å².